The number of halogens is 2. The van der Waals surface area contributed by atoms with Crippen LogP contribution in [0.3, 0.4) is 0 Å². The van der Waals surface area contributed by atoms with Gasteiger partial charge in [-0.15, -0.1) is 0 Å². The molecule has 1 amide bonds. The predicted octanol–water partition coefficient (Wildman–Crippen LogP) is 4.67. The van der Waals surface area contributed by atoms with E-state index in [0.29, 0.717) is 22.2 Å². The van der Waals surface area contributed by atoms with Crippen LogP contribution in [0.2, 0.25) is 10.0 Å². The van der Waals surface area contributed by atoms with Gasteiger partial charge in [-0.05, 0) is 29.8 Å². The van der Waals surface area contributed by atoms with Crippen molar-refractivity contribution in [3.8, 4) is 11.5 Å². The molecule has 2 aromatic carbocycles. The number of rotatable bonds is 8. The van der Waals surface area contributed by atoms with Crippen LogP contribution >= 0.6 is 35.0 Å². The second-order valence-corrected chi connectivity index (χ2v) is 7.05. The highest BCUT2D eigenvalue weighted by Gasteiger charge is 2.13. The Kier molecular flexibility index (Phi) is 7.75. The molecule has 0 fully saturated rings. The van der Waals surface area contributed by atoms with Crippen molar-refractivity contribution in [1.29, 1.82) is 0 Å². The largest absolute Gasteiger partial charge is 0.497 e. The van der Waals surface area contributed by atoms with Gasteiger partial charge in [0, 0.05) is 24.1 Å². The van der Waals surface area contributed by atoms with Crippen molar-refractivity contribution >= 4 is 40.9 Å². The quantitative estimate of drug-likeness (QED) is 0.654. The van der Waals surface area contributed by atoms with Gasteiger partial charge in [0.2, 0.25) is 0 Å². The zero-order valence-electron chi connectivity index (χ0n) is 14.0. The minimum atomic E-state index is -0.265. The van der Waals surface area contributed by atoms with Gasteiger partial charge < -0.3 is 14.8 Å². The molecule has 0 bridgehead atoms. The molecular weight excluding hydrogens is 381 g/mol. The number of carbonyl (C=O) groups is 1. The lowest BCUT2D eigenvalue weighted by Gasteiger charge is -2.10. The highest BCUT2D eigenvalue weighted by atomic mass is 35.5. The van der Waals surface area contributed by atoms with Crippen molar-refractivity contribution in [2.45, 2.75) is 5.75 Å². The van der Waals surface area contributed by atoms with Crippen molar-refractivity contribution in [2.75, 3.05) is 26.5 Å². The number of methoxy groups -OCH3 is 2. The standard InChI is InChI=1S/C18H19Cl2NO3S/c1-23-13-8-12(9-14(10-13)24-2)11-25-7-6-21-18(22)17-15(19)4-3-5-16(17)20/h3-5,8-10H,6-7,11H2,1-2H3,(H,21,22). The zero-order chi connectivity index (χ0) is 18.2. The molecule has 2 rings (SSSR count). The van der Waals surface area contributed by atoms with Gasteiger partial charge in [0.15, 0.2) is 0 Å². The monoisotopic (exact) mass is 399 g/mol. The number of ether oxygens (including phenoxy) is 2. The Bertz CT molecular complexity index is 698. The van der Waals surface area contributed by atoms with Crippen LogP contribution in [0, 0.1) is 0 Å². The molecule has 0 spiro atoms. The van der Waals surface area contributed by atoms with Crippen molar-refractivity contribution < 1.29 is 14.3 Å². The molecule has 0 atom stereocenters. The third-order valence-electron chi connectivity index (χ3n) is 3.40. The highest BCUT2D eigenvalue weighted by Crippen LogP contribution is 2.26. The topological polar surface area (TPSA) is 47.6 Å². The van der Waals surface area contributed by atoms with Crippen LogP contribution in [0.1, 0.15) is 15.9 Å². The first kappa shape index (κ1) is 19.8. The predicted molar refractivity (Wildman–Crippen MR) is 105 cm³/mol. The summed E-state index contributed by atoms with van der Waals surface area (Å²) in [6, 6.07) is 10.8. The minimum Gasteiger partial charge on any atom is -0.497 e. The Morgan fingerprint density at radius 1 is 1.08 bits per heavy atom. The maximum absolute atomic E-state index is 12.2. The summed E-state index contributed by atoms with van der Waals surface area (Å²) in [5, 5.41) is 3.53. The maximum atomic E-state index is 12.2. The third kappa shape index (κ3) is 5.73. The van der Waals surface area contributed by atoms with Crippen LogP contribution in [0.25, 0.3) is 0 Å². The summed E-state index contributed by atoms with van der Waals surface area (Å²) in [5.74, 6) is 2.80. The van der Waals surface area contributed by atoms with Crippen LogP contribution in [-0.4, -0.2) is 32.4 Å². The Morgan fingerprint density at radius 2 is 1.68 bits per heavy atom. The third-order valence-corrected chi connectivity index (χ3v) is 5.06. The smallest absolute Gasteiger partial charge is 0.254 e. The van der Waals surface area contributed by atoms with Crippen LogP contribution in [-0.2, 0) is 5.75 Å². The van der Waals surface area contributed by atoms with Crippen molar-refractivity contribution in [2.24, 2.45) is 0 Å². The van der Waals surface area contributed by atoms with Gasteiger partial charge in [0.25, 0.3) is 5.91 Å². The fraction of sp³-hybridized carbons (Fsp3) is 0.278. The van der Waals surface area contributed by atoms with Gasteiger partial charge in [0.05, 0.1) is 29.8 Å². The second-order valence-electron chi connectivity index (χ2n) is 5.13. The fourth-order valence-corrected chi connectivity index (χ4v) is 3.54. The molecular formula is C18H19Cl2NO3S. The summed E-state index contributed by atoms with van der Waals surface area (Å²) < 4.78 is 10.5. The van der Waals surface area contributed by atoms with Gasteiger partial charge in [-0.1, -0.05) is 29.3 Å². The summed E-state index contributed by atoms with van der Waals surface area (Å²) in [6.45, 7) is 0.520. The molecule has 0 saturated carbocycles. The lowest BCUT2D eigenvalue weighted by molar-refractivity contribution is 0.0956. The Balaban J connectivity index is 1.81. The van der Waals surface area contributed by atoms with E-state index in [2.05, 4.69) is 5.32 Å². The number of thioether (sulfide) groups is 1. The molecule has 0 aliphatic heterocycles. The maximum Gasteiger partial charge on any atom is 0.254 e. The molecule has 7 heteroatoms. The summed E-state index contributed by atoms with van der Waals surface area (Å²) >= 11 is 13.8. The average molecular weight is 400 g/mol. The molecule has 0 heterocycles. The van der Waals surface area contributed by atoms with E-state index in [9.17, 15) is 4.79 Å². The second kappa shape index (κ2) is 9.80. The van der Waals surface area contributed by atoms with Crippen molar-refractivity contribution in [1.82, 2.24) is 5.32 Å². The molecule has 25 heavy (non-hydrogen) atoms. The molecule has 0 radical (unpaired) electrons. The zero-order valence-corrected chi connectivity index (χ0v) is 16.3. The summed E-state index contributed by atoms with van der Waals surface area (Å²) in [6.07, 6.45) is 0. The highest BCUT2D eigenvalue weighted by molar-refractivity contribution is 7.98. The molecule has 4 nitrogen and oxygen atoms in total. The van der Waals surface area contributed by atoms with Gasteiger partial charge in [-0.25, -0.2) is 0 Å². The Hall–Kier alpha value is -1.56. The van der Waals surface area contributed by atoms with E-state index in [-0.39, 0.29) is 5.91 Å². The van der Waals surface area contributed by atoms with E-state index >= 15 is 0 Å². The van der Waals surface area contributed by atoms with E-state index in [4.69, 9.17) is 32.7 Å². The SMILES string of the molecule is COc1cc(CSCCNC(=O)c2c(Cl)cccc2Cl)cc(OC)c1. The molecule has 0 aromatic heterocycles. The van der Waals surface area contributed by atoms with Crippen LogP contribution in [0.5, 0.6) is 11.5 Å². The number of hydrogen-bond acceptors (Lipinski definition) is 4. The summed E-state index contributed by atoms with van der Waals surface area (Å²) in [4.78, 5) is 12.2. The number of benzene rings is 2. The van der Waals surface area contributed by atoms with E-state index in [1.165, 1.54) is 0 Å². The van der Waals surface area contributed by atoms with E-state index in [1.807, 2.05) is 18.2 Å². The van der Waals surface area contributed by atoms with E-state index < -0.39 is 0 Å². The molecule has 0 unspecified atom stereocenters. The molecule has 1 N–H and O–H groups in total. The van der Waals surface area contributed by atoms with Gasteiger partial charge in [-0.2, -0.15) is 11.8 Å². The molecule has 2 aromatic rings. The average Bonchev–Trinajstić information content (AvgIpc) is 2.60. The molecule has 0 aliphatic carbocycles. The lowest BCUT2D eigenvalue weighted by Crippen LogP contribution is -2.26. The summed E-state index contributed by atoms with van der Waals surface area (Å²) in [5.41, 5.74) is 1.41. The first-order valence-corrected chi connectivity index (χ1v) is 9.48. The fourth-order valence-electron chi connectivity index (χ4n) is 2.18. The van der Waals surface area contributed by atoms with Crippen LogP contribution < -0.4 is 14.8 Å². The van der Waals surface area contributed by atoms with Crippen LogP contribution in [0.15, 0.2) is 36.4 Å². The molecule has 0 aliphatic rings. The van der Waals surface area contributed by atoms with E-state index in [0.717, 1.165) is 28.6 Å². The number of nitrogens with one attached hydrogen (secondary N) is 1. The number of hydrogen-bond donors (Lipinski definition) is 1. The molecule has 134 valence electrons. The van der Waals surface area contributed by atoms with Crippen molar-refractivity contribution in [3.63, 3.8) is 0 Å². The minimum absolute atomic E-state index is 0.265. The van der Waals surface area contributed by atoms with Crippen LogP contribution in [0.4, 0.5) is 0 Å². The first-order chi connectivity index (χ1) is 12.0. The van der Waals surface area contributed by atoms with Gasteiger partial charge in [0.1, 0.15) is 11.5 Å². The lowest BCUT2D eigenvalue weighted by atomic mass is 10.2. The molecule has 0 saturated heterocycles. The number of carbonyl (C=O) groups excluding carboxylic acids is 1. The van der Waals surface area contributed by atoms with Crippen molar-refractivity contribution in [3.05, 3.63) is 57.6 Å². The first-order valence-electron chi connectivity index (χ1n) is 7.57. The van der Waals surface area contributed by atoms with Gasteiger partial charge >= 0.3 is 0 Å². The van der Waals surface area contributed by atoms with Gasteiger partial charge in [-0.3, -0.25) is 4.79 Å². The Labute approximate surface area is 161 Å². The van der Waals surface area contributed by atoms with E-state index in [1.54, 1.807) is 44.2 Å². The normalized spacial score (nSPS) is 10.4. The Morgan fingerprint density at radius 3 is 2.24 bits per heavy atom. The summed E-state index contributed by atoms with van der Waals surface area (Å²) in [7, 11) is 3.25. The number of amides is 1.